The number of nitrogens with one attached hydrogen (secondary N) is 1. The molecule has 0 bridgehead atoms. The van der Waals surface area contributed by atoms with E-state index in [4.69, 9.17) is 5.73 Å². The van der Waals surface area contributed by atoms with Crippen molar-refractivity contribution in [3.63, 3.8) is 0 Å². The Labute approximate surface area is 107 Å². The van der Waals surface area contributed by atoms with Crippen LogP contribution in [0.15, 0.2) is 16.6 Å². The van der Waals surface area contributed by atoms with E-state index in [1.165, 1.54) is 6.92 Å². The number of anilines is 1. The quantitative estimate of drug-likeness (QED) is 0.902. The van der Waals surface area contributed by atoms with E-state index in [-0.39, 0.29) is 4.47 Å². The summed E-state index contributed by atoms with van der Waals surface area (Å²) in [5, 5.41) is 2.16. The smallest absolute Gasteiger partial charge is 0.244 e. The van der Waals surface area contributed by atoms with Gasteiger partial charge in [0.15, 0.2) is 11.6 Å². The molecule has 1 aromatic rings. The molecule has 0 aliphatic rings. The van der Waals surface area contributed by atoms with Gasteiger partial charge in [0, 0.05) is 4.47 Å². The Morgan fingerprint density at radius 2 is 1.94 bits per heavy atom. The minimum absolute atomic E-state index is 0.261. The third-order valence-electron chi connectivity index (χ3n) is 2.50. The molecule has 1 atom stereocenters. The van der Waals surface area contributed by atoms with Crippen LogP contribution >= 0.6 is 15.9 Å². The van der Waals surface area contributed by atoms with Gasteiger partial charge in [-0.25, -0.2) is 8.78 Å². The second kappa shape index (κ2) is 5.10. The molecule has 0 saturated heterocycles. The monoisotopic (exact) mass is 306 g/mol. The van der Waals surface area contributed by atoms with Crippen LogP contribution < -0.4 is 11.1 Å². The van der Waals surface area contributed by atoms with Gasteiger partial charge < -0.3 is 11.1 Å². The highest BCUT2D eigenvalue weighted by atomic mass is 79.9. The second-order valence-corrected chi connectivity index (χ2v) is 4.89. The van der Waals surface area contributed by atoms with Crippen molar-refractivity contribution >= 4 is 27.5 Å². The Balaban J connectivity index is 3.01. The summed E-state index contributed by atoms with van der Waals surface area (Å²) in [5.41, 5.74) is 4.03. The molecule has 1 unspecified atom stereocenters. The Morgan fingerprint density at radius 1 is 1.47 bits per heavy atom. The summed E-state index contributed by atoms with van der Waals surface area (Å²) in [6.07, 6.45) is 0.360. The lowest BCUT2D eigenvalue weighted by molar-refractivity contribution is -0.120. The first-order chi connectivity index (χ1) is 7.77. The van der Waals surface area contributed by atoms with Gasteiger partial charge in [-0.15, -0.1) is 0 Å². The summed E-state index contributed by atoms with van der Waals surface area (Å²) in [5.74, 6) is -2.32. The lowest BCUT2D eigenvalue weighted by Crippen LogP contribution is -2.48. The number of hydrogen-bond donors (Lipinski definition) is 2. The lowest BCUT2D eigenvalue weighted by atomic mass is 9.99. The van der Waals surface area contributed by atoms with Gasteiger partial charge in [-0.1, -0.05) is 22.9 Å². The first kappa shape index (κ1) is 14.1. The number of amides is 1. The maximum atomic E-state index is 13.4. The highest BCUT2D eigenvalue weighted by molar-refractivity contribution is 9.10. The Bertz CT molecular complexity index is 426. The van der Waals surface area contributed by atoms with Crippen molar-refractivity contribution in [3.05, 3.63) is 28.2 Å². The zero-order valence-electron chi connectivity index (χ0n) is 9.48. The lowest BCUT2D eigenvalue weighted by Gasteiger charge is -2.21. The van der Waals surface area contributed by atoms with Crippen molar-refractivity contribution in [3.8, 4) is 0 Å². The average Bonchev–Trinajstić information content (AvgIpc) is 2.22. The van der Waals surface area contributed by atoms with Crippen molar-refractivity contribution in [2.75, 3.05) is 5.32 Å². The van der Waals surface area contributed by atoms with Crippen LogP contribution in [-0.4, -0.2) is 11.4 Å². The number of halogens is 3. The molecule has 1 rings (SSSR count). The topological polar surface area (TPSA) is 55.1 Å². The van der Waals surface area contributed by atoms with Crippen LogP contribution in [0, 0.1) is 11.6 Å². The highest BCUT2D eigenvalue weighted by Crippen LogP contribution is 2.24. The summed E-state index contributed by atoms with van der Waals surface area (Å²) in [7, 11) is 0. The normalized spacial score (nSPS) is 14.2. The zero-order valence-corrected chi connectivity index (χ0v) is 11.1. The first-order valence-corrected chi connectivity index (χ1v) is 5.82. The molecule has 0 fully saturated rings. The van der Waals surface area contributed by atoms with Crippen molar-refractivity contribution < 1.29 is 13.6 Å². The van der Waals surface area contributed by atoms with Crippen LogP contribution in [0.5, 0.6) is 0 Å². The summed E-state index contributed by atoms with van der Waals surface area (Å²) in [4.78, 5) is 11.7. The van der Waals surface area contributed by atoms with Crippen molar-refractivity contribution in [1.29, 1.82) is 0 Å². The van der Waals surface area contributed by atoms with E-state index < -0.39 is 28.8 Å². The molecule has 3 nitrogen and oxygen atoms in total. The molecule has 0 aromatic heterocycles. The van der Waals surface area contributed by atoms with Crippen molar-refractivity contribution in [1.82, 2.24) is 0 Å². The van der Waals surface area contributed by atoms with Crippen molar-refractivity contribution in [2.24, 2.45) is 5.73 Å². The minimum atomic E-state index is -1.16. The minimum Gasteiger partial charge on any atom is -0.320 e. The third kappa shape index (κ3) is 3.23. The Morgan fingerprint density at radius 3 is 2.35 bits per heavy atom. The fraction of sp³-hybridized carbons (Fsp3) is 0.364. The summed E-state index contributed by atoms with van der Waals surface area (Å²) in [6, 6.07) is 2.14. The van der Waals surface area contributed by atoms with Crippen LogP contribution in [0.2, 0.25) is 0 Å². The van der Waals surface area contributed by atoms with Gasteiger partial charge in [-0.2, -0.15) is 0 Å². The number of nitrogens with two attached hydrogens (primary N) is 1. The van der Waals surface area contributed by atoms with Crippen LogP contribution in [-0.2, 0) is 4.79 Å². The van der Waals surface area contributed by atoms with E-state index in [1.54, 1.807) is 6.92 Å². The van der Waals surface area contributed by atoms with E-state index in [0.29, 0.717) is 6.42 Å². The fourth-order valence-electron chi connectivity index (χ4n) is 1.08. The van der Waals surface area contributed by atoms with Crippen LogP contribution in [0.4, 0.5) is 14.5 Å². The maximum Gasteiger partial charge on any atom is 0.244 e. The van der Waals surface area contributed by atoms with Gasteiger partial charge in [-0.3, -0.25) is 4.79 Å². The molecule has 94 valence electrons. The molecular formula is C11H13BrF2N2O. The van der Waals surface area contributed by atoms with Crippen LogP contribution in [0.3, 0.4) is 0 Å². The molecule has 0 aliphatic carbocycles. The molecule has 0 radical (unpaired) electrons. The number of rotatable bonds is 3. The number of benzene rings is 1. The van der Waals surface area contributed by atoms with Crippen LogP contribution in [0.1, 0.15) is 20.3 Å². The molecular weight excluding hydrogens is 294 g/mol. The van der Waals surface area contributed by atoms with Crippen molar-refractivity contribution in [2.45, 2.75) is 25.8 Å². The maximum absolute atomic E-state index is 13.4. The molecule has 0 spiro atoms. The molecule has 0 aliphatic heterocycles. The van der Waals surface area contributed by atoms with Gasteiger partial charge in [0.05, 0.1) is 5.54 Å². The molecule has 17 heavy (non-hydrogen) atoms. The summed E-state index contributed by atoms with van der Waals surface area (Å²) >= 11 is 2.95. The standard InChI is InChI=1S/C11H13BrF2N2O/c1-3-11(2,15)10(17)16-9-7(13)4-6(12)5-8(9)14/h4-5H,3,15H2,1-2H3,(H,16,17). The Kier molecular flexibility index (Phi) is 4.21. The van der Waals surface area contributed by atoms with Gasteiger partial charge >= 0.3 is 0 Å². The predicted octanol–water partition coefficient (Wildman–Crippen LogP) is 2.79. The Hall–Kier alpha value is -1.01. The fourth-order valence-corrected chi connectivity index (χ4v) is 1.48. The van der Waals surface area contributed by atoms with Gasteiger partial charge in [-0.05, 0) is 25.5 Å². The molecule has 6 heteroatoms. The molecule has 0 saturated carbocycles. The summed E-state index contributed by atoms with van der Waals surface area (Å²) in [6.45, 7) is 3.21. The highest BCUT2D eigenvalue weighted by Gasteiger charge is 2.27. The number of carbonyl (C=O) groups is 1. The molecule has 0 heterocycles. The summed E-state index contributed by atoms with van der Waals surface area (Å²) < 4.78 is 27.1. The van der Waals surface area contributed by atoms with E-state index in [9.17, 15) is 13.6 Å². The molecule has 3 N–H and O–H groups in total. The average molecular weight is 307 g/mol. The van der Waals surface area contributed by atoms with E-state index in [2.05, 4.69) is 21.2 Å². The third-order valence-corrected chi connectivity index (χ3v) is 2.96. The first-order valence-electron chi connectivity index (χ1n) is 5.03. The largest absolute Gasteiger partial charge is 0.320 e. The van der Waals surface area contributed by atoms with Gasteiger partial charge in [0.1, 0.15) is 5.69 Å². The predicted molar refractivity (Wildman–Crippen MR) is 65.6 cm³/mol. The molecule has 1 amide bonds. The van der Waals surface area contributed by atoms with Gasteiger partial charge in [0.2, 0.25) is 5.91 Å². The second-order valence-electron chi connectivity index (χ2n) is 3.97. The van der Waals surface area contributed by atoms with E-state index in [0.717, 1.165) is 12.1 Å². The van der Waals surface area contributed by atoms with E-state index >= 15 is 0 Å². The SMILES string of the molecule is CCC(C)(N)C(=O)Nc1c(F)cc(Br)cc1F. The number of hydrogen-bond acceptors (Lipinski definition) is 2. The molecule has 1 aromatic carbocycles. The van der Waals surface area contributed by atoms with Crippen LogP contribution in [0.25, 0.3) is 0 Å². The van der Waals surface area contributed by atoms with E-state index in [1.807, 2.05) is 0 Å². The zero-order chi connectivity index (χ0) is 13.2. The van der Waals surface area contributed by atoms with Gasteiger partial charge in [0.25, 0.3) is 0 Å². The number of carbonyl (C=O) groups excluding carboxylic acids is 1.